The van der Waals surface area contributed by atoms with Gasteiger partial charge in [-0.1, -0.05) is 34.8 Å². The zero-order valence-electron chi connectivity index (χ0n) is 8.92. The van der Waals surface area contributed by atoms with E-state index in [1.807, 2.05) is 0 Å². The Morgan fingerprint density at radius 1 is 1.06 bits per heavy atom. The molecule has 0 saturated carbocycles. The zero-order valence-corrected chi connectivity index (χ0v) is 11.2. The minimum Gasteiger partial charge on any atom is -0.339 e. The van der Waals surface area contributed by atoms with Gasteiger partial charge in [0, 0.05) is 6.20 Å². The molecule has 0 bridgehead atoms. The van der Waals surface area contributed by atoms with Crippen LogP contribution in [0.4, 0.5) is 17.5 Å². The van der Waals surface area contributed by atoms with Crippen LogP contribution in [-0.2, 0) is 0 Å². The third-order valence-corrected chi connectivity index (χ3v) is 3.09. The molecule has 2 rings (SSSR count). The zero-order chi connectivity index (χ0) is 13.1. The first-order chi connectivity index (χ1) is 8.60. The standard InChI is InChI=1S/C10H8Cl3N5/c11-5-3-7(13)8(4-6(5)12)16-9-1-2-15-10(17-9)18-14/h1-4H,14H2,(H2,15,16,17,18). The topological polar surface area (TPSA) is 75.9 Å². The van der Waals surface area contributed by atoms with Gasteiger partial charge in [-0.25, -0.2) is 10.8 Å². The van der Waals surface area contributed by atoms with E-state index < -0.39 is 0 Å². The molecule has 0 radical (unpaired) electrons. The van der Waals surface area contributed by atoms with Crippen molar-refractivity contribution in [1.29, 1.82) is 0 Å². The van der Waals surface area contributed by atoms with Gasteiger partial charge in [-0.15, -0.1) is 0 Å². The summed E-state index contributed by atoms with van der Waals surface area (Å²) in [6, 6.07) is 4.83. The first kappa shape index (κ1) is 13.2. The monoisotopic (exact) mass is 303 g/mol. The molecule has 1 heterocycles. The van der Waals surface area contributed by atoms with Gasteiger partial charge in [0.05, 0.1) is 20.8 Å². The van der Waals surface area contributed by atoms with Crippen molar-refractivity contribution in [2.75, 3.05) is 10.7 Å². The van der Waals surface area contributed by atoms with Gasteiger partial charge in [-0.05, 0) is 18.2 Å². The number of hydrogen-bond donors (Lipinski definition) is 3. The molecular weight excluding hydrogens is 297 g/mol. The highest BCUT2D eigenvalue weighted by Gasteiger charge is 2.07. The van der Waals surface area contributed by atoms with Crippen molar-refractivity contribution in [1.82, 2.24) is 9.97 Å². The van der Waals surface area contributed by atoms with Gasteiger partial charge < -0.3 is 5.32 Å². The van der Waals surface area contributed by atoms with E-state index in [4.69, 9.17) is 40.6 Å². The van der Waals surface area contributed by atoms with Crippen LogP contribution in [0.15, 0.2) is 24.4 Å². The lowest BCUT2D eigenvalue weighted by atomic mass is 10.3. The van der Waals surface area contributed by atoms with Gasteiger partial charge in [0.25, 0.3) is 0 Å². The molecule has 0 aliphatic carbocycles. The van der Waals surface area contributed by atoms with Crippen LogP contribution in [0, 0.1) is 0 Å². The normalized spacial score (nSPS) is 10.2. The van der Waals surface area contributed by atoms with Gasteiger partial charge in [-0.2, -0.15) is 4.98 Å². The predicted octanol–water partition coefficient (Wildman–Crippen LogP) is 3.47. The van der Waals surface area contributed by atoms with Crippen LogP contribution < -0.4 is 16.6 Å². The van der Waals surface area contributed by atoms with Crippen LogP contribution in [0.2, 0.25) is 15.1 Å². The molecule has 0 fully saturated rings. The van der Waals surface area contributed by atoms with Gasteiger partial charge in [-0.3, -0.25) is 5.43 Å². The van der Waals surface area contributed by atoms with E-state index in [9.17, 15) is 0 Å². The van der Waals surface area contributed by atoms with Crippen LogP contribution in [0.5, 0.6) is 0 Å². The number of anilines is 3. The summed E-state index contributed by atoms with van der Waals surface area (Å²) in [5.74, 6) is 6.03. The van der Waals surface area contributed by atoms with E-state index in [1.165, 1.54) is 0 Å². The number of aromatic nitrogens is 2. The molecule has 2 aromatic rings. The summed E-state index contributed by atoms with van der Waals surface area (Å²) in [6.45, 7) is 0. The summed E-state index contributed by atoms with van der Waals surface area (Å²) in [5, 5.41) is 4.21. The smallest absolute Gasteiger partial charge is 0.239 e. The second-order valence-corrected chi connectivity index (χ2v) is 4.50. The van der Waals surface area contributed by atoms with E-state index >= 15 is 0 Å². The largest absolute Gasteiger partial charge is 0.339 e. The van der Waals surface area contributed by atoms with E-state index in [2.05, 4.69) is 20.7 Å². The number of nitrogens with two attached hydrogens (primary N) is 1. The second-order valence-electron chi connectivity index (χ2n) is 3.28. The van der Waals surface area contributed by atoms with Gasteiger partial charge in [0.2, 0.25) is 5.95 Å². The van der Waals surface area contributed by atoms with Gasteiger partial charge >= 0.3 is 0 Å². The first-order valence-corrected chi connectivity index (χ1v) is 5.95. The summed E-state index contributed by atoms with van der Waals surface area (Å²) >= 11 is 17.8. The van der Waals surface area contributed by atoms with Crippen molar-refractivity contribution < 1.29 is 0 Å². The fourth-order valence-electron chi connectivity index (χ4n) is 1.25. The average Bonchev–Trinajstić information content (AvgIpc) is 2.36. The highest BCUT2D eigenvalue weighted by Crippen LogP contribution is 2.33. The Kier molecular flexibility index (Phi) is 4.08. The van der Waals surface area contributed by atoms with Crippen LogP contribution in [-0.4, -0.2) is 9.97 Å². The number of benzene rings is 1. The van der Waals surface area contributed by atoms with Gasteiger partial charge in [0.1, 0.15) is 5.82 Å². The van der Waals surface area contributed by atoms with Crippen LogP contribution in [0.3, 0.4) is 0 Å². The molecule has 0 unspecified atom stereocenters. The number of nitrogens with zero attached hydrogens (tertiary/aromatic N) is 2. The fourth-order valence-corrected chi connectivity index (χ4v) is 1.85. The molecule has 1 aromatic carbocycles. The van der Waals surface area contributed by atoms with E-state index in [-0.39, 0.29) is 5.95 Å². The number of rotatable bonds is 3. The number of nitrogens with one attached hydrogen (secondary N) is 2. The SMILES string of the molecule is NNc1nccc(Nc2cc(Cl)c(Cl)cc2Cl)n1. The van der Waals surface area contributed by atoms with Crippen molar-refractivity contribution in [2.24, 2.45) is 5.84 Å². The van der Waals surface area contributed by atoms with Crippen LogP contribution in [0.1, 0.15) is 0 Å². The minimum atomic E-state index is 0.288. The van der Waals surface area contributed by atoms with E-state index in [0.29, 0.717) is 26.6 Å². The first-order valence-electron chi connectivity index (χ1n) is 4.81. The Hall–Kier alpha value is -1.27. The number of halogens is 3. The Labute approximate surface area is 118 Å². The third kappa shape index (κ3) is 2.94. The van der Waals surface area contributed by atoms with Crippen molar-refractivity contribution in [3.63, 3.8) is 0 Å². The molecule has 5 nitrogen and oxygen atoms in total. The Balaban J connectivity index is 2.30. The second kappa shape index (κ2) is 5.58. The fraction of sp³-hybridized carbons (Fsp3) is 0. The Bertz CT molecular complexity index is 575. The highest BCUT2D eigenvalue weighted by molar-refractivity contribution is 6.44. The van der Waals surface area contributed by atoms with E-state index in [0.717, 1.165) is 0 Å². The Morgan fingerprint density at radius 2 is 1.78 bits per heavy atom. The molecule has 4 N–H and O–H groups in total. The minimum absolute atomic E-state index is 0.288. The summed E-state index contributed by atoms with van der Waals surface area (Å²) in [7, 11) is 0. The third-order valence-electron chi connectivity index (χ3n) is 2.06. The van der Waals surface area contributed by atoms with Crippen molar-refractivity contribution in [3.8, 4) is 0 Å². The van der Waals surface area contributed by atoms with Crippen LogP contribution >= 0.6 is 34.8 Å². The maximum atomic E-state index is 6.04. The molecule has 18 heavy (non-hydrogen) atoms. The maximum Gasteiger partial charge on any atom is 0.239 e. The highest BCUT2D eigenvalue weighted by atomic mass is 35.5. The Morgan fingerprint density at radius 3 is 2.50 bits per heavy atom. The summed E-state index contributed by atoms with van der Waals surface area (Å²) in [4.78, 5) is 7.97. The molecule has 0 spiro atoms. The lowest BCUT2D eigenvalue weighted by molar-refractivity contribution is 1.12. The van der Waals surface area contributed by atoms with Crippen LogP contribution in [0.25, 0.3) is 0 Å². The van der Waals surface area contributed by atoms with Gasteiger partial charge in [0.15, 0.2) is 0 Å². The molecule has 94 valence electrons. The summed E-state index contributed by atoms with van der Waals surface area (Å²) in [5.41, 5.74) is 2.94. The molecule has 1 aromatic heterocycles. The van der Waals surface area contributed by atoms with Crippen molar-refractivity contribution in [2.45, 2.75) is 0 Å². The lowest BCUT2D eigenvalue weighted by Gasteiger charge is -2.09. The summed E-state index contributed by atoms with van der Waals surface area (Å²) in [6.07, 6.45) is 1.55. The van der Waals surface area contributed by atoms with Crippen molar-refractivity contribution in [3.05, 3.63) is 39.5 Å². The molecule has 0 aliphatic rings. The summed E-state index contributed by atoms with van der Waals surface area (Å²) < 4.78 is 0. The number of nitrogen functional groups attached to an aromatic ring is 1. The maximum absolute atomic E-state index is 6.04. The lowest BCUT2D eigenvalue weighted by Crippen LogP contribution is -2.10. The molecule has 0 aliphatic heterocycles. The molecular formula is C10H8Cl3N5. The van der Waals surface area contributed by atoms with Crippen molar-refractivity contribution >= 4 is 52.3 Å². The predicted molar refractivity (Wildman–Crippen MR) is 74.6 cm³/mol. The molecule has 0 amide bonds. The number of hydrogen-bond acceptors (Lipinski definition) is 5. The average molecular weight is 305 g/mol. The molecule has 8 heteroatoms. The quantitative estimate of drug-likeness (QED) is 0.460. The van der Waals surface area contributed by atoms with E-state index in [1.54, 1.807) is 24.4 Å². The molecule has 0 saturated heterocycles. The molecule has 0 atom stereocenters. The number of hydrazine groups is 1.